The first-order chi connectivity index (χ1) is 8.08. The molecule has 0 bridgehead atoms. The molecule has 1 aromatic rings. The third kappa shape index (κ3) is 2.76. The summed E-state index contributed by atoms with van der Waals surface area (Å²) in [5.41, 5.74) is 8.97. The van der Waals surface area contributed by atoms with E-state index in [1.807, 2.05) is 13.0 Å². The molecule has 3 N–H and O–H groups in total. The van der Waals surface area contributed by atoms with Gasteiger partial charge in [-0.2, -0.15) is 0 Å². The summed E-state index contributed by atoms with van der Waals surface area (Å²) >= 11 is 5.10. The summed E-state index contributed by atoms with van der Waals surface area (Å²) in [6.07, 6.45) is 1.46. The molecule has 0 spiro atoms. The van der Waals surface area contributed by atoms with E-state index in [1.54, 1.807) is 0 Å². The lowest BCUT2D eigenvalue weighted by molar-refractivity contribution is 0.145. The Labute approximate surface area is 107 Å². The second-order valence-electron chi connectivity index (χ2n) is 4.60. The smallest absolute Gasteiger partial charge is 0.106 e. The maximum Gasteiger partial charge on any atom is 0.106 e. The van der Waals surface area contributed by atoms with Gasteiger partial charge in [-0.25, -0.2) is 0 Å². The zero-order chi connectivity index (χ0) is 12.4. The number of anilines is 1. The molecule has 0 saturated carbocycles. The average Bonchev–Trinajstić information content (AvgIpc) is 2.30. The largest absolute Gasteiger partial charge is 0.393 e. The molecule has 0 aliphatic carbocycles. The van der Waals surface area contributed by atoms with Gasteiger partial charge < -0.3 is 15.7 Å². The van der Waals surface area contributed by atoms with E-state index in [4.69, 9.17) is 18.0 Å². The minimum absolute atomic E-state index is 0.162. The molecular weight excluding hydrogens is 232 g/mol. The van der Waals surface area contributed by atoms with Crippen molar-refractivity contribution in [2.75, 3.05) is 18.0 Å². The van der Waals surface area contributed by atoms with Crippen LogP contribution in [0.5, 0.6) is 0 Å². The highest BCUT2D eigenvalue weighted by Gasteiger charge is 2.19. The van der Waals surface area contributed by atoms with Crippen LogP contribution in [0.4, 0.5) is 5.69 Å². The van der Waals surface area contributed by atoms with E-state index in [1.165, 1.54) is 0 Å². The van der Waals surface area contributed by atoms with Gasteiger partial charge in [0.05, 0.1) is 6.10 Å². The molecule has 1 fully saturated rings. The maximum absolute atomic E-state index is 9.52. The summed E-state index contributed by atoms with van der Waals surface area (Å²) in [5.74, 6) is 0. The van der Waals surface area contributed by atoms with Crippen LogP contribution in [-0.4, -0.2) is 29.3 Å². The highest BCUT2D eigenvalue weighted by atomic mass is 32.1. The lowest BCUT2D eigenvalue weighted by atomic mass is 10.0. The molecular formula is C13H18N2OS. The van der Waals surface area contributed by atoms with E-state index in [0.29, 0.717) is 4.99 Å². The van der Waals surface area contributed by atoms with Gasteiger partial charge in [-0.15, -0.1) is 0 Å². The molecule has 1 heterocycles. The van der Waals surface area contributed by atoms with Crippen LogP contribution in [0.15, 0.2) is 18.2 Å². The van der Waals surface area contributed by atoms with Crippen LogP contribution in [0, 0.1) is 6.92 Å². The normalized spacial score (nSPS) is 17.2. The summed E-state index contributed by atoms with van der Waals surface area (Å²) in [7, 11) is 0. The van der Waals surface area contributed by atoms with Gasteiger partial charge in [-0.3, -0.25) is 0 Å². The zero-order valence-corrected chi connectivity index (χ0v) is 10.8. The van der Waals surface area contributed by atoms with Crippen molar-refractivity contribution in [1.82, 2.24) is 0 Å². The zero-order valence-electron chi connectivity index (χ0n) is 10.0. The van der Waals surface area contributed by atoms with E-state index in [0.717, 1.165) is 42.7 Å². The van der Waals surface area contributed by atoms with E-state index >= 15 is 0 Å². The second kappa shape index (κ2) is 5.02. The van der Waals surface area contributed by atoms with Crippen molar-refractivity contribution >= 4 is 22.9 Å². The van der Waals surface area contributed by atoms with Gasteiger partial charge in [-0.05, 0) is 31.9 Å². The topological polar surface area (TPSA) is 49.5 Å². The second-order valence-corrected chi connectivity index (χ2v) is 5.04. The number of aliphatic hydroxyl groups is 1. The van der Waals surface area contributed by atoms with Crippen molar-refractivity contribution in [2.45, 2.75) is 25.9 Å². The van der Waals surface area contributed by atoms with E-state index in [2.05, 4.69) is 17.0 Å². The molecule has 0 atom stereocenters. The van der Waals surface area contributed by atoms with Gasteiger partial charge in [-0.1, -0.05) is 23.8 Å². The van der Waals surface area contributed by atoms with Crippen LogP contribution in [0.1, 0.15) is 24.0 Å². The summed E-state index contributed by atoms with van der Waals surface area (Å²) in [4.78, 5) is 2.69. The fourth-order valence-corrected chi connectivity index (χ4v) is 2.39. The molecule has 3 nitrogen and oxygen atoms in total. The van der Waals surface area contributed by atoms with Gasteiger partial charge in [0, 0.05) is 24.3 Å². The Kier molecular flexibility index (Phi) is 3.64. The third-order valence-corrected chi connectivity index (χ3v) is 3.44. The fourth-order valence-electron chi connectivity index (χ4n) is 2.23. The number of benzene rings is 1. The molecule has 0 aromatic heterocycles. The monoisotopic (exact) mass is 250 g/mol. The van der Waals surface area contributed by atoms with Crippen molar-refractivity contribution in [3.8, 4) is 0 Å². The average molecular weight is 250 g/mol. The van der Waals surface area contributed by atoms with Gasteiger partial charge >= 0.3 is 0 Å². The predicted molar refractivity (Wildman–Crippen MR) is 74.5 cm³/mol. The molecule has 1 saturated heterocycles. The number of rotatable bonds is 2. The van der Waals surface area contributed by atoms with E-state index < -0.39 is 0 Å². The summed E-state index contributed by atoms with van der Waals surface area (Å²) in [6, 6.07) is 6.17. The Hall–Kier alpha value is -1.13. The molecule has 0 amide bonds. The van der Waals surface area contributed by atoms with Gasteiger partial charge in [0.25, 0.3) is 0 Å². The minimum Gasteiger partial charge on any atom is -0.393 e. The molecule has 0 radical (unpaired) electrons. The first-order valence-corrected chi connectivity index (χ1v) is 6.32. The Bertz CT molecular complexity index is 425. The lowest BCUT2D eigenvalue weighted by Gasteiger charge is -2.32. The highest BCUT2D eigenvalue weighted by molar-refractivity contribution is 7.80. The Morgan fingerprint density at radius 3 is 2.65 bits per heavy atom. The maximum atomic E-state index is 9.52. The van der Waals surface area contributed by atoms with Crippen molar-refractivity contribution < 1.29 is 5.11 Å². The van der Waals surface area contributed by atoms with Crippen molar-refractivity contribution in [2.24, 2.45) is 5.73 Å². The number of hydrogen-bond donors (Lipinski definition) is 2. The van der Waals surface area contributed by atoms with Crippen LogP contribution < -0.4 is 10.6 Å². The standard InChI is InChI=1S/C13H18N2OS/c1-9-2-3-12(11(8-9)13(14)17)15-6-4-10(16)5-7-15/h2-3,8,10,16H,4-7H2,1H3,(H2,14,17). The first kappa shape index (κ1) is 12.3. The number of aryl methyl sites for hydroxylation is 1. The summed E-state index contributed by atoms with van der Waals surface area (Å²) in [6.45, 7) is 3.76. The van der Waals surface area contributed by atoms with E-state index in [-0.39, 0.29) is 6.10 Å². The summed E-state index contributed by atoms with van der Waals surface area (Å²) < 4.78 is 0. The van der Waals surface area contributed by atoms with Crippen molar-refractivity contribution in [3.05, 3.63) is 29.3 Å². The SMILES string of the molecule is Cc1ccc(N2CCC(O)CC2)c(C(N)=S)c1. The van der Waals surface area contributed by atoms with Crippen LogP contribution in [0.3, 0.4) is 0 Å². The van der Waals surface area contributed by atoms with Crippen LogP contribution in [0.2, 0.25) is 0 Å². The first-order valence-electron chi connectivity index (χ1n) is 5.91. The Balaban J connectivity index is 2.28. The van der Waals surface area contributed by atoms with Crippen molar-refractivity contribution in [1.29, 1.82) is 0 Å². The number of nitrogens with two attached hydrogens (primary N) is 1. The van der Waals surface area contributed by atoms with Gasteiger partial charge in [0.2, 0.25) is 0 Å². The molecule has 17 heavy (non-hydrogen) atoms. The predicted octanol–water partition coefficient (Wildman–Crippen LogP) is 1.59. The molecule has 4 heteroatoms. The molecule has 0 unspecified atom stereocenters. The van der Waals surface area contributed by atoms with Gasteiger partial charge in [0.1, 0.15) is 4.99 Å². The Morgan fingerprint density at radius 2 is 2.06 bits per heavy atom. The fraction of sp³-hybridized carbons (Fsp3) is 0.462. The van der Waals surface area contributed by atoms with Crippen LogP contribution >= 0.6 is 12.2 Å². The molecule has 1 aromatic carbocycles. The minimum atomic E-state index is -0.162. The number of thiocarbonyl (C=S) groups is 1. The van der Waals surface area contributed by atoms with Crippen molar-refractivity contribution in [3.63, 3.8) is 0 Å². The highest BCUT2D eigenvalue weighted by Crippen LogP contribution is 2.25. The molecule has 1 aliphatic heterocycles. The molecule has 2 rings (SSSR count). The molecule has 92 valence electrons. The van der Waals surface area contributed by atoms with Crippen LogP contribution in [-0.2, 0) is 0 Å². The Morgan fingerprint density at radius 1 is 1.41 bits per heavy atom. The number of aliphatic hydroxyl groups excluding tert-OH is 1. The quantitative estimate of drug-likeness (QED) is 0.783. The molecule has 1 aliphatic rings. The van der Waals surface area contributed by atoms with Crippen LogP contribution in [0.25, 0.3) is 0 Å². The number of hydrogen-bond acceptors (Lipinski definition) is 3. The number of nitrogens with zero attached hydrogens (tertiary/aromatic N) is 1. The summed E-state index contributed by atoms with van der Waals surface area (Å²) in [5, 5.41) is 9.52. The van der Waals surface area contributed by atoms with Gasteiger partial charge in [0.15, 0.2) is 0 Å². The van der Waals surface area contributed by atoms with E-state index in [9.17, 15) is 5.11 Å². The lowest BCUT2D eigenvalue weighted by Crippen LogP contribution is -2.37. The number of piperidine rings is 1. The third-order valence-electron chi connectivity index (χ3n) is 3.22.